The lowest BCUT2D eigenvalue weighted by atomic mass is 10.1. The Labute approximate surface area is 159 Å². The molecule has 2 aromatic rings. The number of hydrogen-bond acceptors (Lipinski definition) is 4. The fourth-order valence-corrected chi connectivity index (χ4v) is 2.44. The van der Waals surface area contributed by atoms with E-state index in [-0.39, 0.29) is 30.9 Å². The summed E-state index contributed by atoms with van der Waals surface area (Å²) in [6.07, 6.45) is 0.107. The summed E-state index contributed by atoms with van der Waals surface area (Å²) >= 11 is 0. The molecule has 0 aliphatic carbocycles. The van der Waals surface area contributed by atoms with Crippen molar-refractivity contribution in [2.24, 2.45) is 5.10 Å². The highest BCUT2D eigenvalue weighted by molar-refractivity contribution is 6.00. The maximum absolute atomic E-state index is 12.1. The number of benzene rings is 2. The molecule has 0 saturated carbocycles. The molecule has 142 valence electrons. The molecule has 0 saturated heterocycles. The Bertz CT molecular complexity index is 803. The van der Waals surface area contributed by atoms with E-state index in [1.807, 2.05) is 62.4 Å². The van der Waals surface area contributed by atoms with E-state index >= 15 is 0 Å². The number of para-hydroxylation sites is 1. The minimum Gasteiger partial charge on any atom is -0.483 e. The molecule has 0 aliphatic heterocycles. The predicted molar refractivity (Wildman–Crippen MR) is 106 cm³/mol. The van der Waals surface area contributed by atoms with Gasteiger partial charge in [-0.1, -0.05) is 48.5 Å². The third-order valence-corrected chi connectivity index (χ3v) is 3.92. The minimum atomic E-state index is -0.379. The number of aryl methyl sites for hydroxylation is 1. The molecule has 0 heterocycles. The molecule has 0 aromatic heterocycles. The van der Waals surface area contributed by atoms with Crippen LogP contribution < -0.4 is 15.5 Å². The summed E-state index contributed by atoms with van der Waals surface area (Å²) in [5.74, 6) is 0.122. The van der Waals surface area contributed by atoms with Crippen LogP contribution in [-0.4, -0.2) is 24.1 Å². The van der Waals surface area contributed by atoms with Crippen molar-refractivity contribution in [2.45, 2.75) is 33.2 Å². The zero-order chi connectivity index (χ0) is 19.6. The Morgan fingerprint density at radius 3 is 2.41 bits per heavy atom. The van der Waals surface area contributed by atoms with Crippen LogP contribution in [0.5, 0.6) is 5.75 Å². The van der Waals surface area contributed by atoms with Crippen LogP contribution >= 0.6 is 0 Å². The SMILES string of the molecule is C/C(CC(=O)NC(C)c1ccccc1)=N\NC(=O)COc1ccccc1C. The van der Waals surface area contributed by atoms with Crippen LogP contribution in [-0.2, 0) is 9.59 Å². The van der Waals surface area contributed by atoms with E-state index in [0.717, 1.165) is 11.1 Å². The van der Waals surface area contributed by atoms with E-state index in [1.165, 1.54) is 0 Å². The molecule has 0 aliphatic rings. The van der Waals surface area contributed by atoms with Crippen molar-refractivity contribution >= 4 is 17.5 Å². The van der Waals surface area contributed by atoms with Crippen molar-refractivity contribution in [2.75, 3.05) is 6.61 Å². The summed E-state index contributed by atoms with van der Waals surface area (Å²) < 4.78 is 5.45. The number of nitrogens with zero attached hydrogens (tertiary/aromatic N) is 1. The summed E-state index contributed by atoms with van der Waals surface area (Å²) in [6, 6.07) is 17.1. The molecular weight excluding hydrogens is 342 g/mol. The summed E-state index contributed by atoms with van der Waals surface area (Å²) in [5.41, 5.74) is 4.90. The maximum Gasteiger partial charge on any atom is 0.277 e. The van der Waals surface area contributed by atoms with Crippen LogP contribution in [0.15, 0.2) is 59.7 Å². The topological polar surface area (TPSA) is 79.8 Å². The van der Waals surface area contributed by atoms with Gasteiger partial charge in [0.25, 0.3) is 5.91 Å². The monoisotopic (exact) mass is 367 g/mol. The van der Waals surface area contributed by atoms with Gasteiger partial charge in [0.15, 0.2) is 6.61 Å². The number of hydrogen-bond donors (Lipinski definition) is 2. The lowest BCUT2D eigenvalue weighted by Crippen LogP contribution is -2.29. The molecule has 1 unspecified atom stereocenters. The van der Waals surface area contributed by atoms with Crippen molar-refractivity contribution in [1.82, 2.24) is 10.7 Å². The van der Waals surface area contributed by atoms with Gasteiger partial charge in [0.1, 0.15) is 5.75 Å². The van der Waals surface area contributed by atoms with Crippen LogP contribution in [0.2, 0.25) is 0 Å². The third-order valence-electron chi connectivity index (χ3n) is 3.92. The number of nitrogens with one attached hydrogen (secondary N) is 2. The number of ether oxygens (including phenoxy) is 1. The predicted octanol–water partition coefficient (Wildman–Crippen LogP) is 3.13. The van der Waals surface area contributed by atoms with Crippen molar-refractivity contribution in [3.05, 3.63) is 65.7 Å². The molecule has 0 fully saturated rings. The van der Waals surface area contributed by atoms with Gasteiger partial charge in [-0.3, -0.25) is 9.59 Å². The lowest BCUT2D eigenvalue weighted by Gasteiger charge is -2.14. The van der Waals surface area contributed by atoms with Gasteiger partial charge in [-0.25, -0.2) is 5.43 Å². The molecule has 2 aromatic carbocycles. The van der Waals surface area contributed by atoms with Crippen LogP contribution in [0.1, 0.15) is 37.4 Å². The van der Waals surface area contributed by atoms with E-state index < -0.39 is 0 Å². The quantitative estimate of drug-likeness (QED) is 0.556. The molecule has 2 rings (SSSR count). The lowest BCUT2D eigenvalue weighted by molar-refractivity contribution is -0.123. The van der Waals surface area contributed by atoms with E-state index in [9.17, 15) is 9.59 Å². The number of hydrazone groups is 1. The minimum absolute atomic E-state index is 0.0939. The van der Waals surface area contributed by atoms with Crippen molar-refractivity contribution < 1.29 is 14.3 Å². The first-order valence-electron chi connectivity index (χ1n) is 8.80. The largest absolute Gasteiger partial charge is 0.483 e. The van der Waals surface area contributed by atoms with Gasteiger partial charge < -0.3 is 10.1 Å². The van der Waals surface area contributed by atoms with E-state index in [2.05, 4.69) is 15.8 Å². The molecule has 27 heavy (non-hydrogen) atoms. The van der Waals surface area contributed by atoms with Gasteiger partial charge in [-0.2, -0.15) is 5.10 Å². The molecule has 1 atom stereocenters. The Morgan fingerprint density at radius 2 is 1.70 bits per heavy atom. The standard InChI is InChI=1S/C21H25N3O3/c1-15-9-7-8-12-19(15)27-14-21(26)24-23-16(2)13-20(25)22-17(3)18-10-5-4-6-11-18/h4-12,17H,13-14H2,1-3H3,(H,22,25)(H,24,26)/b23-16+. The van der Waals surface area contributed by atoms with E-state index in [4.69, 9.17) is 4.74 Å². The Hall–Kier alpha value is -3.15. The molecule has 6 heteroatoms. The summed E-state index contributed by atoms with van der Waals surface area (Å²) in [7, 11) is 0. The fourth-order valence-electron chi connectivity index (χ4n) is 2.44. The number of amides is 2. The number of carbonyl (C=O) groups excluding carboxylic acids is 2. The van der Waals surface area contributed by atoms with Crippen LogP contribution in [0.4, 0.5) is 0 Å². The Morgan fingerprint density at radius 1 is 1.04 bits per heavy atom. The first kappa shape index (κ1) is 20.2. The van der Waals surface area contributed by atoms with Gasteiger partial charge in [-0.05, 0) is 38.0 Å². The van der Waals surface area contributed by atoms with Gasteiger partial charge in [0.2, 0.25) is 5.91 Å². The van der Waals surface area contributed by atoms with Crippen molar-refractivity contribution in [3.8, 4) is 5.75 Å². The highest BCUT2D eigenvalue weighted by atomic mass is 16.5. The first-order valence-corrected chi connectivity index (χ1v) is 8.80. The molecule has 0 bridgehead atoms. The molecule has 0 spiro atoms. The van der Waals surface area contributed by atoms with Gasteiger partial charge in [0, 0.05) is 5.71 Å². The van der Waals surface area contributed by atoms with Crippen LogP contribution in [0.3, 0.4) is 0 Å². The molecule has 2 amide bonds. The van der Waals surface area contributed by atoms with Crippen LogP contribution in [0.25, 0.3) is 0 Å². The molecule has 0 radical (unpaired) electrons. The number of rotatable bonds is 8. The summed E-state index contributed by atoms with van der Waals surface area (Å²) in [4.78, 5) is 23.9. The first-order chi connectivity index (χ1) is 13.0. The second-order valence-corrected chi connectivity index (χ2v) is 6.31. The van der Waals surface area contributed by atoms with Gasteiger partial charge in [0.05, 0.1) is 12.5 Å². The second kappa shape index (κ2) is 10.1. The summed E-state index contributed by atoms with van der Waals surface area (Å²) in [6.45, 7) is 5.38. The highest BCUT2D eigenvalue weighted by Crippen LogP contribution is 2.15. The third kappa shape index (κ3) is 6.93. The number of carbonyl (C=O) groups is 2. The normalized spacial score (nSPS) is 12.2. The highest BCUT2D eigenvalue weighted by Gasteiger charge is 2.10. The van der Waals surface area contributed by atoms with Crippen molar-refractivity contribution in [3.63, 3.8) is 0 Å². The Kier molecular flexibility index (Phi) is 7.55. The average Bonchev–Trinajstić information content (AvgIpc) is 2.66. The second-order valence-electron chi connectivity index (χ2n) is 6.31. The van der Waals surface area contributed by atoms with Crippen molar-refractivity contribution in [1.29, 1.82) is 0 Å². The molecule has 6 nitrogen and oxygen atoms in total. The zero-order valence-corrected chi connectivity index (χ0v) is 15.9. The van der Waals surface area contributed by atoms with E-state index in [1.54, 1.807) is 13.0 Å². The van der Waals surface area contributed by atoms with E-state index in [0.29, 0.717) is 11.5 Å². The van der Waals surface area contributed by atoms with Gasteiger partial charge in [-0.15, -0.1) is 0 Å². The summed E-state index contributed by atoms with van der Waals surface area (Å²) in [5, 5.41) is 6.87. The average molecular weight is 367 g/mol. The zero-order valence-electron chi connectivity index (χ0n) is 15.9. The molecule has 2 N–H and O–H groups in total. The molecular formula is C21H25N3O3. The Balaban J connectivity index is 1.75. The van der Waals surface area contributed by atoms with Crippen LogP contribution in [0, 0.1) is 6.92 Å². The maximum atomic E-state index is 12.1. The smallest absolute Gasteiger partial charge is 0.277 e. The fraction of sp³-hybridized carbons (Fsp3) is 0.286. The van der Waals surface area contributed by atoms with Gasteiger partial charge >= 0.3 is 0 Å².